The van der Waals surface area contributed by atoms with E-state index in [4.69, 9.17) is 4.78 Å². The molecule has 0 fully saturated rings. The van der Waals surface area contributed by atoms with E-state index in [0.29, 0.717) is 10.5 Å². The van der Waals surface area contributed by atoms with Crippen molar-refractivity contribution in [1.29, 1.82) is 4.78 Å². The Bertz CT molecular complexity index is 771. The summed E-state index contributed by atoms with van der Waals surface area (Å²) >= 11 is 0. The topological polar surface area (TPSA) is 86.2 Å². The molecule has 0 spiro atoms. The Kier molecular flexibility index (Phi) is 5.12. The van der Waals surface area contributed by atoms with E-state index in [1.54, 1.807) is 50.8 Å². The van der Waals surface area contributed by atoms with E-state index in [2.05, 4.69) is 10.3 Å². The van der Waals surface area contributed by atoms with Gasteiger partial charge in [0.05, 0.1) is 10.9 Å². The molecular formula is C16H20N4O2S. The summed E-state index contributed by atoms with van der Waals surface area (Å²) in [4.78, 5) is 16.7. The molecule has 0 aliphatic rings. The van der Waals surface area contributed by atoms with Crippen molar-refractivity contribution >= 4 is 15.8 Å². The fourth-order valence-corrected chi connectivity index (χ4v) is 2.92. The predicted molar refractivity (Wildman–Crippen MR) is 89.4 cm³/mol. The lowest BCUT2D eigenvalue weighted by Crippen LogP contribution is -2.27. The van der Waals surface area contributed by atoms with Crippen LogP contribution in [0.3, 0.4) is 0 Å². The minimum atomic E-state index is -2.99. The minimum absolute atomic E-state index is 0.168. The molecule has 23 heavy (non-hydrogen) atoms. The van der Waals surface area contributed by atoms with Gasteiger partial charge in [0.1, 0.15) is 9.92 Å². The first-order valence-corrected chi connectivity index (χ1v) is 8.61. The van der Waals surface area contributed by atoms with Crippen molar-refractivity contribution in [2.45, 2.75) is 17.9 Å². The second kappa shape index (κ2) is 6.89. The van der Waals surface area contributed by atoms with E-state index >= 15 is 0 Å². The van der Waals surface area contributed by atoms with E-state index in [9.17, 15) is 9.00 Å². The molecular weight excluding hydrogens is 312 g/mol. The lowest BCUT2D eigenvalue weighted by atomic mass is 10.1. The summed E-state index contributed by atoms with van der Waals surface area (Å²) in [6, 6.07) is 9.82. The molecule has 2 rings (SSSR count). The molecule has 1 amide bonds. The average molecular weight is 332 g/mol. The quantitative estimate of drug-likeness (QED) is 0.882. The van der Waals surface area contributed by atoms with Crippen LogP contribution in [0.2, 0.25) is 0 Å². The highest BCUT2D eigenvalue weighted by Crippen LogP contribution is 2.16. The summed E-state index contributed by atoms with van der Waals surface area (Å²) in [5.74, 6) is -0.228. The number of carbonyl (C=O) groups excluding carboxylic acids is 1. The van der Waals surface area contributed by atoms with Gasteiger partial charge in [-0.25, -0.2) is 13.3 Å². The maximum atomic E-state index is 12.3. The van der Waals surface area contributed by atoms with Crippen LogP contribution in [0.4, 0.5) is 0 Å². The third-order valence-electron chi connectivity index (χ3n) is 3.48. The Morgan fingerprint density at radius 2 is 1.91 bits per heavy atom. The monoisotopic (exact) mass is 332 g/mol. The summed E-state index contributed by atoms with van der Waals surface area (Å²) in [7, 11) is 0.186. The van der Waals surface area contributed by atoms with Gasteiger partial charge in [-0.1, -0.05) is 6.07 Å². The number of pyridine rings is 1. The molecule has 0 radical (unpaired) electrons. The zero-order chi connectivity index (χ0) is 17.0. The lowest BCUT2D eigenvalue weighted by molar-refractivity contribution is 0.0939. The summed E-state index contributed by atoms with van der Waals surface area (Å²) in [5.41, 5.74) is 1.37. The highest BCUT2D eigenvalue weighted by Gasteiger charge is 2.15. The van der Waals surface area contributed by atoms with Gasteiger partial charge in [0.15, 0.2) is 0 Å². The van der Waals surface area contributed by atoms with E-state index < -0.39 is 9.92 Å². The molecule has 0 saturated carbocycles. The van der Waals surface area contributed by atoms with Crippen LogP contribution in [0.1, 0.15) is 28.9 Å². The van der Waals surface area contributed by atoms with Gasteiger partial charge >= 0.3 is 0 Å². The molecule has 1 aromatic heterocycles. The Balaban J connectivity index is 2.12. The molecule has 2 unspecified atom stereocenters. The van der Waals surface area contributed by atoms with Crippen molar-refractivity contribution in [2.24, 2.45) is 0 Å². The average Bonchev–Trinajstić information content (AvgIpc) is 2.55. The fourth-order valence-electron chi connectivity index (χ4n) is 2.00. The van der Waals surface area contributed by atoms with Crippen LogP contribution in [0.15, 0.2) is 53.7 Å². The number of aromatic nitrogens is 1. The number of nitrogens with zero attached hydrogens (tertiary/aromatic N) is 2. The Hall–Kier alpha value is -2.25. The molecule has 6 nitrogen and oxygen atoms in total. The van der Waals surface area contributed by atoms with Crippen LogP contribution in [-0.2, 0) is 9.92 Å². The van der Waals surface area contributed by atoms with Gasteiger partial charge in [0.2, 0.25) is 0 Å². The van der Waals surface area contributed by atoms with Gasteiger partial charge in [-0.05, 0) is 42.8 Å². The molecule has 0 saturated heterocycles. The highest BCUT2D eigenvalue weighted by molar-refractivity contribution is 7.90. The van der Waals surface area contributed by atoms with Crippen molar-refractivity contribution < 1.29 is 9.00 Å². The van der Waals surface area contributed by atoms with Crippen molar-refractivity contribution in [3.63, 3.8) is 0 Å². The smallest absolute Gasteiger partial charge is 0.251 e. The number of benzene rings is 1. The molecule has 0 bridgehead atoms. The second-order valence-electron chi connectivity index (χ2n) is 5.34. The lowest BCUT2D eigenvalue weighted by Gasteiger charge is -2.16. The maximum Gasteiger partial charge on any atom is 0.251 e. The van der Waals surface area contributed by atoms with Crippen molar-refractivity contribution in [1.82, 2.24) is 14.6 Å². The summed E-state index contributed by atoms with van der Waals surface area (Å²) < 4.78 is 21.4. The highest BCUT2D eigenvalue weighted by atomic mass is 32.2. The first kappa shape index (κ1) is 17.1. The van der Waals surface area contributed by atoms with Crippen molar-refractivity contribution in [3.8, 4) is 0 Å². The predicted octanol–water partition coefficient (Wildman–Crippen LogP) is 2.45. The van der Waals surface area contributed by atoms with E-state index in [-0.39, 0.29) is 11.9 Å². The second-order valence-corrected chi connectivity index (χ2v) is 7.60. The first-order chi connectivity index (χ1) is 10.8. The normalized spacial score (nSPS) is 15.0. The van der Waals surface area contributed by atoms with E-state index in [1.165, 1.54) is 4.31 Å². The van der Waals surface area contributed by atoms with E-state index in [0.717, 1.165) is 5.56 Å². The van der Waals surface area contributed by atoms with Gasteiger partial charge in [-0.3, -0.25) is 9.78 Å². The number of amides is 1. The SMILES string of the molecule is CC(NC(=O)c1ccc(S(=N)(=O)N(C)C)cc1)c1cccnc1. The number of carbonyl (C=O) groups is 1. The number of hydrogen-bond donors (Lipinski definition) is 2. The van der Waals surface area contributed by atoms with Gasteiger partial charge in [-0.15, -0.1) is 0 Å². The van der Waals surface area contributed by atoms with Crippen molar-refractivity contribution in [2.75, 3.05) is 14.1 Å². The van der Waals surface area contributed by atoms with Gasteiger partial charge in [0.25, 0.3) is 5.91 Å². The summed E-state index contributed by atoms with van der Waals surface area (Å²) in [6.07, 6.45) is 3.39. The molecule has 1 heterocycles. The fraction of sp³-hybridized carbons (Fsp3) is 0.250. The van der Waals surface area contributed by atoms with E-state index in [1.807, 2.05) is 19.1 Å². The van der Waals surface area contributed by atoms with Gasteiger partial charge < -0.3 is 5.32 Å². The van der Waals surface area contributed by atoms with Crippen LogP contribution in [0.5, 0.6) is 0 Å². The molecule has 7 heteroatoms. The van der Waals surface area contributed by atoms with Crippen LogP contribution in [-0.4, -0.2) is 33.5 Å². The standard InChI is InChI=1S/C16H20N4O2S/c1-12(14-5-4-10-18-11-14)19-16(21)13-6-8-15(9-7-13)23(17,22)20(2)3/h4-12,17H,1-3H3,(H,19,21). The Morgan fingerprint density at radius 1 is 1.26 bits per heavy atom. The molecule has 0 aliphatic carbocycles. The third-order valence-corrected chi connectivity index (χ3v) is 5.42. The Labute approximate surface area is 136 Å². The molecule has 2 aromatic rings. The number of rotatable bonds is 5. The Morgan fingerprint density at radius 3 is 2.43 bits per heavy atom. The summed E-state index contributed by atoms with van der Waals surface area (Å²) in [5, 5.41) is 2.89. The molecule has 1 aromatic carbocycles. The zero-order valence-electron chi connectivity index (χ0n) is 13.3. The van der Waals surface area contributed by atoms with Crippen LogP contribution >= 0.6 is 0 Å². The molecule has 2 N–H and O–H groups in total. The molecule has 122 valence electrons. The largest absolute Gasteiger partial charge is 0.345 e. The minimum Gasteiger partial charge on any atom is -0.345 e. The zero-order valence-corrected chi connectivity index (χ0v) is 14.1. The van der Waals surface area contributed by atoms with Crippen molar-refractivity contribution in [3.05, 3.63) is 59.9 Å². The summed E-state index contributed by atoms with van der Waals surface area (Å²) in [6.45, 7) is 1.88. The first-order valence-electron chi connectivity index (χ1n) is 7.09. The molecule has 2 atom stereocenters. The van der Waals surface area contributed by atoms with Crippen LogP contribution in [0.25, 0.3) is 0 Å². The number of hydrogen-bond acceptors (Lipinski definition) is 4. The third kappa shape index (κ3) is 3.94. The number of nitrogens with one attached hydrogen (secondary N) is 2. The van der Waals surface area contributed by atoms with Gasteiger partial charge in [-0.2, -0.15) is 0 Å². The maximum absolute atomic E-state index is 12.3. The van der Waals surface area contributed by atoms with Gasteiger partial charge in [0, 0.05) is 32.1 Å². The molecule has 0 aliphatic heterocycles. The van der Waals surface area contributed by atoms with Crippen LogP contribution < -0.4 is 5.32 Å². The van der Waals surface area contributed by atoms with Crippen LogP contribution in [0, 0.1) is 4.78 Å².